The minimum absolute atomic E-state index is 0.0390. The molecule has 1 aromatic carbocycles. The molecule has 0 amide bonds. The minimum atomic E-state index is -4.28. The molecule has 0 heterocycles. The van der Waals surface area contributed by atoms with Crippen LogP contribution in [-0.4, -0.2) is 29.6 Å². The van der Waals surface area contributed by atoms with Crippen LogP contribution in [0, 0.1) is 11.8 Å². The van der Waals surface area contributed by atoms with Gasteiger partial charge in [-0.15, -0.1) is 0 Å². The lowest BCUT2D eigenvalue weighted by Crippen LogP contribution is -2.53. The summed E-state index contributed by atoms with van der Waals surface area (Å²) in [4.78, 5) is 23.0. The number of halogens is 2. The number of carboxylic acid groups (broad SMARTS) is 1. The van der Waals surface area contributed by atoms with Gasteiger partial charge in [0, 0.05) is 0 Å². The Morgan fingerprint density at radius 1 is 1.07 bits per heavy atom. The first-order valence-corrected chi connectivity index (χ1v) is 9.59. The van der Waals surface area contributed by atoms with Gasteiger partial charge in [0.1, 0.15) is 17.3 Å². The van der Waals surface area contributed by atoms with Crippen LogP contribution in [-0.2, 0) is 9.53 Å². The molecule has 0 saturated heterocycles. The van der Waals surface area contributed by atoms with Crippen LogP contribution < -0.4 is 9.84 Å². The predicted octanol–water partition coefficient (Wildman–Crippen LogP) is 3.60. The molecule has 7 heteroatoms. The van der Waals surface area contributed by atoms with Gasteiger partial charge in [-0.1, -0.05) is 27.7 Å². The van der Waals surface area contributed by atoms with Crippen molar-refractivity contribution in [3.63, 3.8) is 0 Å². The third-order valence-electron chi connectivity index (χ3n) is 5.38. The summed E-state index contributed by atoms with van der Waals surface area (Å²) < 4.78 is 38.6. The zero-order valence-corrected chi connectivity index (χ0v) is 16.7. The first-order chi connectivity index (χ1) is 13.0. The van der Waals surface area contributed by atoms with Crippen LogP contribution >= 0.6 is 0 Å². The van der Waals surface area contributed by atoms with E-state index in [0.717, 1.165) is 25.7 Å². The second-order valence-electron chi connectivity index (χ2n) is 8.03. The summed E-state index contributed by atoms with van der Waals surface area (Å²) in [5, 5.41) is 10.7. The van der Waals surface area contributed by atoms with Gasteiger partial charge in [-0.05, 0) is 61.8 Å². The molecule has 5 nitrogen and oxygen atoms in total. The summed E-state index contributed by atoms with van der Waals surface area (Å²) in [6, 6.07) is 6.05. The Hall–Kier alpha value is -2.18. The fourth-order valence-corrected chi connectivity index (χ4v) is 3.59. The summed E-state index contributed by atoms with van der Waals surface area (Å²) in [5.74, 6) is -7.86. The number of esters is 1. The largest absolute Gasteiger partial charge is 0.544 e. The number of benzene rings is 1. The summed E-state index contributed by atoms with van der Waals surface area (Å²) in [6.45, 7) is 6.92. The van der Waals surface area contributed by atoms with E-state index in [9.17, 15) is 23.5 Å². The molecule has 0 aliphatic heterocycles. The Balaban J connectivity index is 2.12. The van der Waals surface area contributed by atoms with Gasteiger partial charge in [0.2, 0.25) is 0 Å². The average molecular weight is 397 g/mol. The molecule has 1 aromatic rings. The quantitative estimate of drug-likeness (QED) is 0.627. The van der Waals surface area contributed by atoms with Crippen LogP contribution in [0.3, 0.4) is 0 Å². The molecule has 1 aliphatic carbocycles. The van der Waals surface area contributed by atoms with E-state index in [1.54, 1.807) is 12.1 Å². The van der Waals surface area contributed by atoms with Gasteiger partial charge < -0.3 is 19.4 Å². The van der Waals surface area contributed by atoms with E-state index >= 15 is 0 Å². The van der Waals surface area contributed by atoms with Crippen molar-refractivity contribution in [1.82, 2.24) is 0 Å². The number of carboxylic acids is 1. The zero-order valence-electron chi connectivity index (χ0n) is 16.7. The SMILES string of the molecule is CC(C)C(OC(=O)c1ccc(OC2(C(C)C)CCCC2)cc1)C(F)(F)C(=O)[O-]. The number of rotatable bonds is 8. The number of hydrogen-bond donors (Lipinski definition) is 0. The van der Waals surface area contributed by atoms with E-state index in [2.05, 4.69) is 13.8 Å². The number of carbonyl (C=O) groups excluding carboxylic acids is 2. The maximum absolute atomic E-state index is 13.8. The van der Waals surface area contributed by atoms with Crippen molar-refractivity contribution in [3.05, 3.63) is 29.8 Å². The van der Waals surface area contributed by atoms with Gasteiger partial charge in [-0.25, -0.2) is 4.79 Å². The van der Waals surface area contributed by atoms with Crippen molar-refractivity contribution >= 4 is 11.9 Å². The molecule has 2 rings (SSSR count). The molecule has 1 saturated carbocycles. The molecule has 0 radical (unpaired) electrons. The molecule has 1 aliphatic rings. The Morgan fingerprint density at radius 2 is 1.61 bits per heavy atom. The van der Waals surface area contributed by atoms with Gasteiger partial charge >= 0.3 is 11.9 Å². The lowest BCUT2D eigenvalue weighted by molar-refractivity contribution is -0.337. The minimum Gasteiger partial charge on any atom is -0.544 e. The van der Waals surface area contributed by atoms with Crippen LogP contribution in [0.1, 0.15) is 63.7 Å². The van der Waals surface area contributed by atoms with Crippen LogP contribution in [0.2, 0.25) is 0 Å². The van der Waals surface area contributed by atoms with Gasteiger partial charge in [0.25, 0.3) is 0 Å². The van der Waals surface area contributed by atoms with E-state index in [0.29, 0.717) is 11.7 Å². The first-order valence-electron chi connectivity index (χ1n) is 9.59. The smallest absolute Gasteiger partial charge is 0.338 e. The van der Waals surface area contributed by atoms with E-state index in [-0.39, 0.29) is 11.2 Å². The molecule has 1 unspecified atom stereocenters. The Morgan fingerprint density at radius 3 is 2.04 bits per heavy atom. The Kier molecular flexibility index (Phi) is 6.67. The molecule has 0 spiro atoms. The monoisotopic (exact) mass is 397 g/mol. The molecule has 28 heavy (non-hydrogen) atoms. The van der Waals surface area contributed by atoms with Crippen molar-refractivity contribution in [2.24, 2.45) is 11.8 Å². The summed E-state index contributed by atoms with van der Waals surface area (Å²) in [7, 11) is 0. The maximum Gasteiger partial charge on any atom is 0.338 e. The standard InChI is InChI=1S/C21H28F2O5/c1-13(2)17(21(22,23)19(25)26)27-18(24)15-7-9-16(10-8-15)28-20(14(3)4)11-5-6-12-20/h7-10,13-14,17H,5-6,11-12H2,1-4H3,(H,25,26)/p-1. The molecule has 0 N–H and O–H groups in total. The highest BCUT2D eigenvalue weighted by molar-refractivity contribution is 5.90. The number of hydrogen-bond acceptors (Lipinski definition) is 5. The van der Waals surface area contributed by atoms with Crippen LogP contribution in [0.4, 0.5) is 8.78 Å². The van der Waals surface area contributed by atoms with E-state index in [1.165, 1.54) is 26.0 Å². The second kappa shape index (κ2) is 8.45. The maximum atomic E-state index is 13.8. The van der Waals surface area contributed by atoms with Crippen molar-refractivity contribution in [3.8, 4) is 5.75 Å². The fraction of sp³-hybridized carbons (Fsp3) is 0.619. The van der Waals surface area contributed by atoms with Crippen LogP contribution in [0.25, 0.3) is 0 Å². The van der Waals surface area contributed by atoms with Crippen molar-refractivity contribution < 1.29 is 33.0 Å². The van der Waals surface area contributed by atoms with Gasteiger partial charge in [-0.3, -0.25) is 0 Å². The molecule has 0 aromatic heterocycles. The molecule has 0 bridgehead atoms. The van der Waals surface area contributed by atoms with Gasteiger partial charge in [0.05, 0.1) is 5.56 Å². The van der Waals surface area contributed by atoms with Crippen molar-refractivity contribution in [1.29, 1.82) is 0 Å². The third kappa shape index (κ3) is 4.62. The van der Waals surface area contributed by atoms with E-state index < -0.39 is 29.9 Å². The van der Waals surface area contributed by atoms with Gasteiger partial charge in [0.15, 0.2) is 6.10 Å². The van der Waals surface area contributed by atoms with Crippen molar-refractivity contribution in [2.75, 3.05) is 0 Å². The Labute approximate surface area is 164 Å². The highest BCUT2D eigenvalue weighted by atomic mass is 19.3. The van der Waals surface area contributed by atoms with Crippen LogP contribution in [0.15, 0.2) is 24.3 Å². The van der Waals surface area contributed by atoms with E-state index in [1.807, 2.05) is 0 Å². The fourth-order valence-electron chi connectivity index (χ4n) is 3.59. The normalized spacial score (nSPS) is 17.6. The number of alkyl halides is 2. The zero-order chi connectivity index (χ0) is 21.1. The van der Waals surface area contributed by atoms with Crippen molar-refractivity contribution in [2.45, 2.75) is 71.0 Å². The second-order valence-corrected chi connectivity index (χ2v) is 8.03. The topological polar surface area (TPSA) is 75.7 Å². The molecule has 1 fully saturated rings. The number of ether oxygens (including phenoxy) is 2. The highest BCUT2D eigenvalue weighted by Crippen LogP contribution is 2.40. The summed E-state index contributed by atoms with van der Waals surface area (Å²) in [5.41, 5.74) is -0.196. The Bertz CT molecular complexity index is 691. The number of carbonyl (C=O) groups is 2. The van der Waals surface area contributed by atoms with Gasteiger partial charge in [-0.2, -0.15) is 8.78 Å². The molecule has 1 atom stereocenters. The summed E-state index contributed by atoms with van der Waals surface area (Å²) >= 11 is 0. The van der Waals surface area contributed by atoms with Crippen LogP contribution in [0.5, 0.6) is 5.75 Å². The van der Waals surface area contributed by atoms with E-state index in [4.69, 9.17) is 9.47 Å². The highest BCUT2D eigenvalue weighted by Gasteiger charge is 2.46. The molecule has 156 valence electrons. The summed E-state index contributed by atoms with van der Waals surface area (Å²) in [6.07, 6.45) is 2.01. The first kappa shape index (κ1) is 22.1. The number of aliphatic carboxylic acids is 1. The molecular weight excluding hydrogens is 370 g/mol. The predicted molar refractivity (Wildman–Crippen MR) is 97.1 cm³/mol. The molecular formula is C21H27F2O5-. The lowest BCUT2D eigenvalue weighted by Gasteiger charge is -2.34. The third-order valence-corrected chi connectivity index (χ3v) is 5.38. The lowest BCUT2D eigenvalue weighted by atomic mass is 9.88. The average Bonchev–Trinajstić information content (AvgIpc) is 3.09.